The van der Waals surface area contributed by atoms with Gasteiger partial charge in [0.15, 0.2) is 5.69 Å². The van der Waals surface area contributed by atoms with Gasteiger partial charge in [-0.1, -0.05) is 35.3 Å². The van der Waals surface area contributed by atoms with Gasteiger partial charge < -0.3 is 5.32 Å². The Morgan fingerprint density at radius 2 is 1.90 bits per heavy atom. The Balaban J connectivity index is 1.50. The third-order valence-electron chi connectivity index (χ3n) is 5.91. The molecule has 0 spiro atoms. The molecule has 1 aromatic heterocycles. The van der Waals surface area contributed by atoms with Crippen LogP contribution in [0.2, 0.25) is 10.0 Å². The number of amides is 1. The number of halogens is 3. The normalized spacial score (nSPS) is 19.4. The summed E-state index contributed by atoms with van der Waals surface area (Å²) in [6.07, 6.45) is 3.23. The molecule has 29 heavy (non-hydrogen) atoms. The zero-order valence-corrected chi connectivity index (χ0v) is 17.0. The molecule has 2 aliphatic carbocycles. The van der Waals surface area contributed by atoms with Crippen LogP contribution in [0, 0.1) is 5.82 Å². The fraction of sp³-hybridized carbons (Fsp3) is 0.273. The first-order chi connectivity index (χ1) is 14.0. The van der Waals surface area contributed by atoms with E-state index in [1.54, 1.807) is 24.3 Å². The highest BCUT2D eigenvalue weighted by atomic mass is 35.5. The zero-order valence-electron chi connectivity index (χ0n) is 15.5. The first kappa shape index (κ1) is 18.6. The predicted molar refractivity (Wildman–Crippen MR) is 110 cm³/mol. The number of nitrogens with zero attached hydrogens (tertiary/aromatic N) is 2. The number of hydrogen-bond donors (Lipinski definition) is 1. The van der Waals surface area contributed by atoms with Crippen LogP contribution in [0.15, 0.2) is 42.5 Å². The maximum atomic E-state index is 13.1. The Kier molecular flexibility index (Phi) is 4.60. The second kappa shape index (κ2) is 7.15. The summed E-state index contributed by atoms with van der Waals surface area (Å²) in [5, 5.41) is 8.66. The van der Waals surface area contributed by atoms with Crippen molar-refractivity contribution in [2.75, 3.05) is 0 Å². The number of benzene rings is 2. The summed E-state index contributed by atoms with van der Waals surface area (Å²) in [4.78, 5) is 13.0. The third-order valence-corrected chi connectivity index (χ3v) is 6.44. The lowest BCUT2D eigenvalue weighted by atomic mass is 9.95. The van der Waals surface area contributed by atoms with E-state index in [2.05, 4.69) is 10.4 Å². The molecular formula is C22H18Cl2FN3O. The van der Waals surface area contributed by atoms with Gasteiger partial charge in [-0.15, -0.1) is 0 Å². The number of nitrogens with one attached hydrogen (secondary N) is 1. The van der Waals surface area contributed by atoms with Gasteiger partial charge in [-0.05, 0) is 61.1 Å². The average Bonchev–Trinajstić information content (AvgIpc) is 3.40. The van der Waals surface area contributed by atoms with Crippen molar-refractivity contribution in [1.29, 1.82) is 0 Å². The number of rotatable bonds is 4. The van der Waals surface area contributed by atoms with Gasteiger partial charge in [0, 0.05) is 23.0 Å². The van der Waals surface area contributed by atoms with Gasteiger partial charge in [0.2, 0.25) is 0 Å². The predicted octanol–water partition coefficient (Wildman–Crippen LogP) is 5.61. The highest BCUT2D eigenvalue weighted by molar-refractivity contribution is 6.35. The van der Waals surface area contributed by atoms with Crippen molar-refractivity contribution in [1.82, 2.24) is 15.1 Å². The van der Waals surface area contributed by atoms with Crippen LogP contribution in [0.5, 0.6) is 0 Å². The third kappa shape index (κ3) is 3.22. The quantitative estimate of drug-likeness (QED) is 0.585. The molecule has 148 valence electrons. The molecule has 2 aromatic carbocycles. The van der Waals surface area contributed by atoms with E-state index in [4.69, 9.17) is 23.2 Å². The van der Waals surface area contributed by atoms with Gasteiger partial charge in [0.25, 0.3) is 5.91 Å². The van der Waals surface area contributed by atoms with Crippen LogP contribution in [-0.4, -0.2) is 15.7 Å². The lowest BCUT2D eigenvalue weighted by molar-refractivity contribution is 0.0944. The van der Waals surface area contributed by atoms with E-state index in [0.717, 1.165) is 41.8 Å². The largest absolute Gasteiger partial charge is 0.347 e. The molecule has 0 radical (unpaired) electrons. The molecule has 4 nitrogen and oxygen atoms in total. The Morgan fingerprint density at radius 3 is 2.66 bits per heavy atom. The maximum absolute atomic E-state index is 13.1. The molecule has 0 unspecified atom stereocenters. The van der Waals surface area contributed by atoms with Crippen molar-refractivity contribution in [2.24, 2.45) is 0 Å². The molecule has 7 heteroatoms. The number of hydrogen-bond acceptors (Lipinski definition) is 2. The number of aromatic nitrogens is 2. The summed E-state index contributed by atoms with van der Waals surface area (Å²) in [7, 11) is 0. The van der Waals surface area contributed by atoms with E-state index in [9.17, 15) is 9.18 Å². The molecule has 2 atom stereocenters. The number of carbonyl (C=O) groups is 1. The monoisotopic (exact) mass is 429 g/mol. The second-order valence-corrected chi connectivity index (χ2v) is 8.51. The average molecular weight is 430 g/mol. The molecule has 2 bridgehead atoms. The minimum absolute atomic E-state index is 0.220. The van der Waals surface area contributed by atoms with Gasteiger partial charge in [0.1, 0.15) is 5.82 Å². The Labute approximate surface area is 177 Å². The van der Waals surface area contributed by atoms with Gasteiger partial charge >= 0.3 is 0 Å². The number of fused-ring (bicyclic) bond motifs is 5. The lowest BCUT2D eigenvalue weighted by Crippen LogP contribution is -2.24. The van der Waals surface area contributed by atoms with Crippen molar-refractivity contribution >= 4 is 29.1 Å². The van der Waals surface area contributed by atoms with E-state index in [0.29, 0.717) is 34.1 Å². The Hall–Kier alpha value is -2.37. The molecule has 1 saturated carbocycles. The van der Waals surface area contributed by atoms with E-state index in [1.165, 1.54) is 12.1 Å². The van der Waals surface area contributed by atoms with Crippen LogP contribution in [0.25, 0.3) is 5.69 Å². The van der Waals surface area contributed by atoms with Gasteiger partial charge in [-0.2, -0.15) is 5.10 Å². The maximum Gasteiger partial charge on any atom is 0.272 e. The van der Waals surface area contributed by atoms with Crippen molar-refractivity contribution in [3.05, 3.63) is 80.8 Å². The standard InChI is InChI=1S/C22H18Cl2FN3O/c23-15-5-8-18(17(24)10-15)28-21-14-4-3-13(9-14)19(21)20(27-28)22(29)26-11-12-1-6-16(25)7-2-12/h1-2,5-8,10,13-14H,3-4,9,11H2,(H,26,29)/t13-,14-/m0/s1. The smallest absolute Gasteiger partial charge is 0.272 e. The minimum atomic E-state index is -0.299. The van der Waals surface area contributed by atoms with Crippen LogP contribution >= 0.6 is 23.2 Å². The molecular weight excluding hydrogens is 412 g/mol. The van der Waals surface area contributed by atoms with Crippen LogP contribution < -0.4 is 5.32 Å². The van der Waals surface area contributed by atoms with E-state index in [1.807, 2.05) is 10.7 Å². The summed E-state index contributed by atoms with van der Waals surface area (Å²) >= 11 is 12.5. The SMILES string of the molecule is O=C(NCc1ccc(F)cc1)c1nn(-c2ccc(Cl)cc2Cl)c2c1[C@H]1CC[C@H]2C1. The first-order valence-corrected chi connectivity index (χ1v) is 10.4. The summed E-state index contributed by atoms with van der Waals surface area (Å²) in [6, 6.07) is 11.4. The van der Waals surface area contributed by atoms with Crippen LogP contribution in [0.3, 0.4) is 0 Å². The van der Waals surface area contributed by atoms with Crippen molar-refractivity contribution in [2.45, 2.75) is 37.6 Å². The molecule has 1 heterocycles. The van der Waals surface area contributed by atoms with Crippen LogP contribution in [0.1, 0.15) is 58.4 Å². The second-order valence-electron chi connectivity index (χ2n) is 7.67. The summed E-state index contributed by atoms with van der Waals surface area (Å²) < 4.78 is 14.9. The van der Waals surface area contributed by atoms with E-state index in [-0.39, 0.29) is 11.7 Å². The molecule has 1 fully saturated rings. The molecule has 1 N–H and O–H groups in total. The summed E-state index contributed by atoms with van der Waals surface area (Å²) in [5.41, 5.74) is 4.16. The molecule has 0 aliphatic heterocycles. The van der Waals surface area contributed by atoms with Crippen molar-refractivity contribution < 1.29 is 9.18 Å². The molecule has 0 saturated heterocycles. The van der Waals surface area contributed by atoms with Gasteiger partial charge in [-0.3, -0.25) is 4.79 Å². The summed E-state index contributed by atoms with van der Waals surface area (Å²) in [6.45, 7) is 0.316. The van der Waals surface area contributed by atoms with Crippen molar-refractivity contribution in [3.63, 3.8) is 0 Å². The minimum Gasteiger partial charge on any atom is -0.347 e. The molecule has 1 amide bonds. The number of carbonyl (C=O) groups excluding carboxylic acids is 1. The first-order valence-electron chi connectivity index (χ1n) is 9.62. The Morgan fingerprint density at radius 1 is 1.14 bits per heavy atom. The topological polar surface area (TPSA) is 46.9 Å². The highest BCUT2D eigenvalue weighted by Crippen LogP contribution is 2.54. The highest BCUT2D eigenvalue weighted by Gasteiger charge is 2.44. The zero-order chi connectivity index (χ0) is 20.1. The summed E-state index contributed by atoms with van der Waals surface area (Å²) in [5.74, 6) is 0.240. The van der Waals surface area contributed by atoms with E-state index < -0.39 is 0 Å². The van der Waals surface area contributed by atoms with Crippen LogP contribution in [0.4, 0.5) is 4.39 Å². The van der Waals surface area contributed by atoms with Crippen LogP contribution in [-0.2, 0) is 6.54 Å². The van der Waals surface area contributed by atoms with Gasteiger partial charge in [0.05, 0.1) is 16.4 Å². The van der Waals surface area contributed by atoms with Gasteiger partial charge in [-0.25, -0.2) is 9.07 Å². The fourth-order valence-corrected chi connectivity index (χ4v) is 5.09. The molecule has 2 aliphatic rings. The van der Waals surface area contributed by atoms with Crippen molar-refractivity contribution in [3.8, 4) is 5.69 Å². The molecule has 3 aromatic rings. The van der Waals surface area contributed by atoms with E-state index >= 15 is 0 Å². The Bertz CT molecular complexity index is 1110. The lowest BCUT2D eigenvalue weighted by Gasteiger charge is -2.14. The fourth-order valence-electron chi connectivity index (χ4n) is 4.60. The molecule has 5 rings (SSSR count).